The molecule has 0 fully saturated rings. The highest BCUT2D eigenvalue weighted by Gasteiger charge is 2.35. The molecule has 0 heterocycles. The summed E-state index contributed by atoms with van der Waals surface area (Å²) in [7, 11) is -3.06. The van der Waals surface area contributed by atoms with E-state index in [-0.39, 0.29) is 11.5 Å². The van der Waals surface area contributed by atoms with Crippen LogP contribution in [0.25, 0.3) is 0 Å². The van der Waals surface area contributed by atoms with Gasteiger partial charge in [-0.1, -0.05) is 59.1 Å². The van der Waals surface area contributed by atoms with Crippen LogP contribution in [0.2, 0.25) is 10.0 Å². The van der Waals surface area contributed by atoms with Crippen molar-refractivity contribution < 1.29 is 35.9 Å². The van der Waals surface area contributed by atoms with Crippen molar-refractivity contribution in [1.29, 1.82) is 0 Å². The summed E-state index contributed by atoms with van der Waals surface area (Å²) in [5.41, 5.74) is 2.53. The van der Waals surface area contributed by atoms with Gasteiger partial charge in [-0.25, -0.2) is 13.8 Å². The van der Waals surface area contributed by atoms with E-state index in [1.807, 2.05) is 12.1 Å². The number of alkyl halides is 3. The van der Waals surface area contributed by atoms with Gasteiger partial charge in [0.15, 0.2) is 11.5 Å². The van der Waals surface area contributed by atoms with Gasteiger partial charge in [0.2, 0.25) is 0 Å². The van der Waals surface area contributed by atoms with Gasteiger partial charge in [0.1, 0.15) is 13.2 Å². The minimum Gasteiger partial charge on any atom is -0.493 e. The second-order valence-corrected chi connectivity index (χ2v) is 13.2. The number of aryl methyl sites for hydroxylation is 1. The minimum absolute atomic E-state index is 0.165. The molecule has 46 heavy (non-hydrogen) atoms. The zero-order valence-electron chi connectivity index (χ0n) is 24.1. The van der Waals surface area contributed by atoms with Crippen LogP contribution < -0.4 is 19.2 Å². The largest absolute Gasteiger partial charge is 0.493 e. The van der Waals surface area contributed by atoms with Crippen molar-refractivity contribution in [3.63, 3.8) is 0 Å². The number of carbonyl (C=O) groups is 1. The van der Waals surface area contributed by atoms with E-state index in [1.165, 1.54) is 37.6 Å². The summed E-state index contributed by atoms with van der Waals surface area (Å²) in [6.45, 7) is 1.01. The number of carbonyl (C=O) groups excluding carboxylic acids is 1. The van der Waals surface area contributed by atoms with Gasteiger partial charge in [-0.2, -0.15) is 18.3 Å². The van der Waals surface area contributed by atoms with Gasteiger partial charge in [0.25, 0.3) is 15.9 Å². The van der Waals surface area contributed by atoms with E-state index in [0.717, 1.165) is 23.3 Å². The van der Waals surface area contributed by atoms with Crippen LogP contribution in [0.15, 0.2) is 93.3 Å². The standard InChI is InChI=1S/C31H25BrCl2F3N3O5S/c1-19-7-10-23(11-8-19)46(42,43)40(22-9-12-27(34)24(15-22)31(35,36)37)17-29(41)39-38-16-20-13-25(32)30(28(14-20)44-2)45-18-21-5-3-4-6-26(21)33/h3-16H,17-18H2,1-2H3,(H,39,41)/b38-16-. The molecule has 0 spiro atoms. The molecule has 0 aliphatic carbocycles. The van der Waals surface area contributed by atoms with E-state index in [0.29, 0.717) is 36.9 Å². The third-order valence-electron chi connectivity index (χ3n) is 6.42. The highest BCUT2D eigenvalue weighted by Crippen LogP contribution is 2.39. The van der Waals surface area contributed by atoms with E-state index in [9.17, 15) is 26.4 Å². The maximum atomic E-state index is 13.6. The van der Waals surface area contributed by atoms with Gasteiger partial charge in [0.05, 0.1) is 39.0 Å². The Kier molecular flexibility index (Phi) is 11.3. The molecule has 4 aromatic rings. The average molecular weight is 759 g/mol. The van der Waals surface area contributed by atoms with E-state index in [4.69, 9.17) is 32.7 Å². The van der Waals surface area contributed by atoms with Crippen molar-refractivity contribution in [2.75, 3.05) is 18.0 Å². The lowest BCUT2D eigenvalue weighted by Crippen LogP contribution is -2.39. The Balaban J connectivity index is 1.56. The van der Waals surface area contributed by atoms with Gasteiger partial charge in [-0.05, 0) is 76.9 Å². The zero-order valence-corrected chi connectivity index (χ0v) is 28.0. The highest BCUT2D eigenvalue weighted by molar-refractivity contribution is 9.10. The van der Waals surface area contributed by atoms with Crippen molar-refractivity contribution in [2.24, 2.45) is 5.10 Å². The first-order chi connectivity index (χ1) is 21.7. The Labute approximate surface area is 281 Å². The molecule has 4 rings (SSSR count). The van der Waals surface area contributed by atoms with E-state index in [2.05, 4.69) is 26.5 Å². The lowest BCUT2D eigenvalue weighted by atomic mass is 10.2. The number of hydrazone groups is 1. The number of amides is 1. The van der Waals surface area contributed by atoms with Crippen LogP contribution in [0.4, 0.5) is 18.9 Å². The molecule has 0 saturated heterocycles. The fourth-order valence-corrected chi connectivity index (χ4v) is 6.50. The number of sulfonamides is 1. The van der Waals surface area contributed by atoms with Crippen LogP contribution in [0.1, 0.15) is 22.3 Å². The van der Waals surface area contributed by atoms with Crippen LogP contribution in [-0.4, -0.2) is 34.2 Å². The van der Waals surface area contributed by atoms with Gasteiger partial charge in [-0.15, -0.1) is 0 Å². The molecule has 0 unspecified atom stereocenters. The smallest absolute Gasteiger partial charge is 0.417 e. The molecule has 0 aliphatic rings. The molecule has 0 aliphatic heterocycles. The number of halogens is 6. The Bertz CT molecular complexity index is 1870. The molecule has 0 saturated carbocycles. The molecule has 1 amide bonds. The summed E-state index contributed by atoms with van der Waals surface area (Å²) in [6.07, 6.45) is -3.60. The first kappa shape index (κ1) is 35.1. The average Bonchev–Trinajstić information content (AvgIpc) is 3.00. The predicted molar refractivity (Wildman–Crippen MR) is 174 cm³/mol. The lowest BCUT2D eigenvalue weighted by Gasteiger charge is -2.25. The highest BCUT2D eigenvalue weighted by atomic mass is 79.9. The van der Waals surface area contributed by atoms with Gasteiger partial charge < -0.3 is 9.47 Å². The molecule has 242 valence electrons. The Morgan fingerprint density at radius 2 is 1.72 bits per heavy atom. The zero-order chi connectivity index (χ0) is 33.6. The minimum atomic E-state index is -4.87. The summed E-state index contributed by atoms with van der Waals surface area (Å²) in [5.74, 6) is -0.198. The summed E-state index contributed by atoms with van der Waals surface area (Å²) < 4.78 is 80.4. The quantitative estimate of drug-likeness (QED) is 0.124. The number of anilines is 1. The number of hydrogen-bond donors (Lipinski definition) is 1. The third kappa shape index (κ3) is 8.52. The van der Waals surface area contributed by atoms with Crippen LogP contribution >= 0.6 is 39.1 Å². The van der Waals surface area contributed by atoms with Gasteiger partial charge >= 0.3 is 6.18 Å². The van der Waals surface area contributed by atoms with Crippen molar-refractivity contribution in [3.8, 4) is 11.5 Å². The summed E-state index contributed by atoms with van der Waals surface area (Å²) in [4.78, 5) is 12.7. The van der Waals surface area contributed by atoms with Crippen LogP contribution in [0.3, 0.4) is 0 Å². The second kappa shape index (κ2) is 14.8. The van der Waals surface area contributed by atoms with Crippen LogP contribution in [-0.2, 0) is 27.6 Å². The molecule has 0 radical (unpaired) electrons. The summed E-state index contributed by atoms with van der Waals surface area (Å²) in [6, 6.07) is 18.6. The van der Waals surface area contributed by atoms with E-state index >= 15 is 0 Å². The molecular formula is C31H25BrCl2F3N3O5S. The normalized spacial score (nSPS) is 11.8. The second-order valence-electron chi connectivity index (χ2n) is 9.69. The molecule has 0 bridgehead atoms. The van der Waals surface area contributed by atoms with E-state index in [1.54, 1.807) is 31.2 Å². The number of benzene rings is 4. The first-order valence-electron chi connectivity index (χ1n) is 13.2. The molecule has 8 nitrogen and oxygen atoms in total. The fraction of sp³-hybridized carbons (Fsp3) is 0.161. The van der Waals surface area contributed by atoms with Gasteiger partial charge in [-0.3, -0.25) is 9.10 Å². The number of rotatable bonds is 11. The molecular weight excluding hydrogens is 734 g/mol. The number of hydrogen-bond acceptors (Lipinski definition) is 6. The SMILES string of the molecule is COc1cc(/C=N\NC(=O)CN(c2ccc(Cl)c(C(F)(F)F)c2)S(=O)(=O)c2ccc(C)cc2)cc(Br)c1OCc1ccccc1Cl. The molecule has 0 atom stereocenters. The molecule has 0 aromatic heterocycles. The van der Waals surface area contributed by atoms with E-state index < -0.39 is 44.9 Å². The van der Waals surface area contributed by atoms with Crippen molar-refractivity contribution >= 4 is 67.0 Å². The fourth-order valence-electron chi connectivity index (χ4n) is 4.10. The predicted octanol–water partition coefficient (Wildman–Crippen LogP) is 8.02. The number of ether oxygens (including phenoxy) is 2. The lowest BCUT2D eigenvalue weighted by molar-refractivity contribution is -0.137. The Hall–Kier alpha value is -3.78. The number of methoxy groups -OCH3 is 1. The molecule has 4 aromatic carbocycles. The van der Waals surface area contributed by atoms with Crippen LogP contribution in [0, 0.1) is 6.92 Å². The number of nitrogens with zero attached hydrogens (tertiary/aromatic N) is 2. The maximum Gasteiger partial charge on any atom is 0.417 e. The van der Waals surface area contributed by atoms with Crippen molar-refractivity contribution in [2.45, 2.75) is 24.6 Å². The topological polar surface area (TPSA) is 97.3 Å². The Morgan fingerprint density at radius 1 is 1.02 bits per heavy atom. The van der Waals surface area contributed by atoms with Gasteiger partial charge in [0, 0.05) is 10.6 Å². The number of nitrogens with one attached hydrogen (secondary N) is 1. The first-order valence-corrected chi connectivity index (χ1v) is 16.2. The summed E-state index contributed by atoms with van der Waals surface area (Å²) in [5, 5.41) is 3.81. The monoisotopic (exact) mass is 757 g/mol. The van der Waals surface area contributed by atoms with Crippen molar-refractivity contribution in [1.82, 2.24) is 5.43 Å². The molecule has 15 heteroatoms. The molecule has 1 N–H and O–H groups in total. The van der Waals surface area contributed by atoms with Crippen LogP contribution in [0.5, 0.6) is 11.5 Å². The third-order valence-corrected chi connectivity index (χ3v) is 9.50. The Morgan fingerprint density at radius 3 is 2.37 bits per heavy atom. The maximum absolute atomic E-state index is 13.6. The summed E-state index contributed by atoms with van der Waals surface area (Å²) >= 11 is 15.4. The van der Waals surface area contributed by atoms with Crippen molar-refractivity contribution in [3.05, 3.63) is 116 Å².